The molecule has 0 saturated carbocycles. The first-order valence-electron chi connectivity index (χ1n) is 10.6. The lowest BCUT2D eigenvalue weighted by Gasteiger charge is -2.30. The Morgan fingerprint density at radius 1 is 1.12 bits per heavy atom. The largest absolute Gasteiger partial charge is 0.378 e. The molecule has 2 aromatic rings. The van der Waals surface area contributed by atoms with Crippen LogP contribution in [0.2, 0.25) is 5.02 Å². The lowest BCUT2D eigenvalue weighted by atomic mass is 10.2. The van der Waals surface area contributed by atoms with Gasteiger partial charge in [-0.3, -0.25) is 4.79 Å². The maximum atomic E-state index is 13.0. The van der Waals surface area contributed by atoms with Crippen molar-refractivity contribution in [3.05, 3.63) is 53.1 Å². The Kier molecular flexibility index (Phi) is 7.32. The molecule has 172 valence electrons. The van der Waals surface area contributed by atoms with Crippen molar-refractivity contribution in [2.24, 2.45) is 0 Å². The number of amides is 1. The summed E-state index contributed by atoms with van der Waals surface area (Å²) in [4.78, 5) is 15.0. The molecular weight excluding hydrogens is 454 g/mol. The van der Waals surface area contributed by atoms with E-state index in [1.54, 1.807) is 0 Å². The molecule has 2 heterocycles. The molecule has 1 amide bonds. The molecule has 2 N–H and O–H groups in total. The number of hydrogen-bond donors (Lipinski definition) is 2. The fourth-order valence-electron chi connectivity index (χ4n) is 3.79. The molecule has 2 aliphatic heterocycles. The number of anilines is 2. The van der Waals surface area contributed by atoms with E-state index in [1.165, 1.54) is 18.2 Å². The number of carbonyl (C=O) groups is 1. The van der Waals surface area contributed by atoms with Gasteiger partial charge in [0.1, 0.15) is 4.90 Å². The number of morpholine rings is 1. The van der Waals surface area contributed by atoms with Gasteiger partial charge in [0.2, 0.25) is 10.0 Å². The van der Waals surface area contributed by atoms with Gasteiger partial charge in [0, 0.05) is 31.8 Å². The summed E-state index contributed by atoms with van der Waals surface area (Å²) in [6.45, 7) is 3.51. The summed E-state index contributed by atoms with van der Waals surface area (Å²) in [5.41, 5.74) is 1.74. The van der Waals surface area contributed by atoms with Crippen molar-refractivity contribution in [1.29, 1.82) is 0 Å². The van der Waals surface area contributed by atoms with Gasteiger partial charge in [-0.2, -0.15) is 0 Å². The Bertz CT molecular complexity index is 1070. The maximum absolute atomic E-state index is 13.0. The van der Waals surface area contributed by atoms with Gasteiger partial charge < -0.3 is 19.7 Å². The van der Waals surface area contributed by atoms with Crippen LogP contribution in [-0.2, 0) is 19.5 Å². The fraction of sp³-hybridized carbons (Fsp3) is 0.409. The number of benzene rings is 2. The molecule has 2 aliphatic rings. The van der Waals surface area contributed by atoms with E-state index in [0.29, 0.717) is 25.5 Å². The summed E-state index contributed by atoms with van der Waals surface area (Å²) in [7, 11) is -3.90. The van der Waals surface area contributed by atoms with E-state index in [0.717, 1.165) is 31.6 Å². The van der Waals surface area contributed by atoms with Crippen molar-refractivity contribution < 1.29 is 22.7 Å². The monoisotopic (exact) mass is 479 g/mol. The van der Waals surface area contributed by atoms with E-state index < -0.39 is 15.9 Å². The average Bonchev–Trinajstić information content (AvgIpc) is 3.33. The highest BCUT2D eigenvalue weighted by atomic mass is 35.5. The van der Waals surface area contributed by atoms with Gasteiger partial charge in [-0.1, -0.05) is 23.7 Å². The van der Waals surface area contributed by atoms with Crippen molar-refractivity contribution >= 4 is 38.9 Å². The SMILES string of the molecule is O=C(Nc1ccccc1N1CCOCC1)c1ccc(Cl)c(S(=O)(=O)NC[C@@H]2CCCO2)c1. The highest BCUT2D eigenvalue weighted by Crippen LogP contribution is 2.28. The predicted molar refractivity (Wildman–Crippen MR) is 123 cm³/mol. The predicted octanol–water partition coefficient (Wildman–Crippen LogP) is 2.89. The number of ether oxygens (including phenoxy) is 2. The van der Waals surface area contributed by atoms with Crippen LogP contribution < -0.4 is 14.9 Å². The maximum Gasteiger partial charge on any atom is 0.255 e. The van der Waals surface area contributed by atoms with Gasteiger partial charge in [-0.05, 0) is 43.2 Å². The number of para-hydroxylation sites is 2. The standard InChI is InChI=1S/C22H26ClN3O5S/c23-18-8-7-16(14-21(18)32(28,29)24-15-17-4-3-11-31-17)22(27)25-19-5-1-2-6-20(19)26-9-12-30-13-10-26/h1-2,5-8,14,17,24H,3-4,9-13,15H2,(H,25,27)/t17-/m0/s1. The van der Waals surface area contributed by atoms with E-state index in [-0.39, 0.29) is 28.1 Å². The third-order valence-corrected chi connectivity index (χ3v) is 7.42. The molecule has 10 heteroatoms. The van der Waals surface area contributed by atoms with Crippen LogP contribution in [0.3, 0.4) is 0 Å². The molecule has 0 radical (unpaired) electrons. The number of nitrogens with one attached hydrogen (secondary N) is 2. The van der Waals surface area contributed by atoms with Crippen molar-refractivity contribution in [3.63, 3.8) is 0 Å². The first kappa shape index (κ1) is 23.0. The number of hydrogen-bond acceptors (Lipinski definition) is 6. The van der Waals surface area contributed by atoms with Gasteiger partial charge in [-0.15, -0.1) is 0 Å². The van der Waals surface area contributed by atoms with Crippen LogP contribution in [0.5, 0.6) is 0 Å². The average molecular weight is 480 g/mol. The second-order valence-corrected chi connectivity index (χ2v) is 9.85. The number of halogens is 1. The summed E-state index contributed by atoms with van der Waals surface area (Å²) in [6, 6.07) is 11.7. The Hall–Kier alpha value is -2.17. The highest BCUT2D eigenvalue weighted by Gasteiger charge is 2.24. The first-order valence-corrected chi connectivity index (χ1v) is 12.4. The number of rotatable bonds is 7. The normalized spacial score (nSPS) is 19.2. The fourth-order valence-corrected chi connectivity index (χ4v) is 5.38. The van der Waals surface area contributed by atoms with Gasteiger partial charge in [0.05, 0.1) is 35.7 Å². The topological polar surface area (TPSA) is 97.0 Å². The molecule has 2 fully saturated rings. The molecule has 0 aromatic heterocycles. The van der Waals surface area contributed by atoms with Crippen molar-refractivity contribution in [2.45, 2.75) is 23.8 Å². The van der Waals surface area contributed by atoms with Crippen molar-refractivity contribution in [1.82, 2.24) is 4.72 Å². The summed E-state index contributed by atoms with van der Waals surface area (Å²) in [6.07, 6.45) is 1.57. The summed E-state index contributed by atoms with van der Waals surface area (Å²) < 4.78 is 39.0. The second kappa shape index (κ2) is 10.2. The molecular formula is C22H26ClN3O5S. The number of nitrogens with zero attached hydrogens (tertiary/aromatic N) is 1. The number of carbonyl (C=O) groups excluding carboxylic acids is 1. The Morgan fingerprint density at radius 3 is 2.66 bits per heavy atom. The lowest BCUT2D eigenvalue weighted by Crippen LogP contribution is -2.36. The Labute approximate surface area is 192 Å². The molecule has 2 aromatic carbocycles. The molecule has 0 spiro atoms. The first-order chi connectivity index (χ1) is 15.4. The summed E-state index contributed by atoms with van der Waals surface area (Å²) >= 11 is 6.17. The molecule has 0 bridgehead atoms. The zero-order valence-corrected chi connectivity index (χ0v) is 19.1. The van der Waals surface area contributed by atoms with Crippen LogP contribution >= 0.6 is 11.6 Å². The molecule has 0 aliphatic carbocycles. The van der Waals surface area contributed by atoms with Crippen molar-refractivity contribution in [2.75, 3.05) is 49.7 Å². The van der Waals surface area contributed by atoms with E-state index in [9.17, 15) is 13.2 Å². The highest BCUT2D eigenvalue weighted by molar-refractivity contribution is 7.89. The zero-order valence-electron chi connectivity index (χ0n) is 17.6. The van der Waals surface area contributed by atoms with E-state index in [1.807, 2.05) is 24.3 Å². The van der Waals surface area contributed by atoms with Crippen LogP contribution in [0.25, 0.3) is 0 Å². The van der Waals surface area contributed by atoms with Gasteiger partial charge in [0.15, 0.2) is 0 Å². The van der Waals surface area contributed by atoms with E-state index in [2.05, 4.69) is 14.9 Å². The van der Waals surface area contributed by atoms with Gasteiger partial charge >= 0.3 is 0 Å². The third-order valence-electron chi connectivity index (χ3n) is 5.51. The molecule has 4 rings (SSSR count). The molecule has 8 nitrogen and oxygen atoms in total. The van der Waals surface area contributed by atoms with E-state index >= 15 is 0 Å². The van der Waals surface area contributed by atoms with Gasteiger partial charge in [0.25, 0.3) is 5.91 Å². The molecule has 0 unspecified atom stereocenters. The minimum Gasteiger partial charge on any atom is -0.378 e. The number of sulfonamides is 1. The van der Waals surface area contributed by atoms with Crippen LogP contribution in [0.1, 0.15) is 23.2 Å². The molecule has 1 atom stereocenters. The summed E-state index contributed by atoms with van der Waals surface area (Å²) in [5, 5.41) is 2.95. The lowest BCUT2D eigenvalue weighted by molar-refractivity contribution is 0.102. The van der Waals surface area contributed by atoms with Crippen LogP contribution in [0.15, 0.2) is 47.4 Å². The second-order valence-electron chi connectivity index (χ2n) is 7.70. The smallest absolute Gasteiger partial charge is 0.255 e. The minimum atomic E-state index is -3.90. The van der Waals surface area contributed by atoms with Crippen LogP contribution in [0, 0.1) is 0 Å². The van der Waals surface area contributed by atoms with E-state index in [4.69, 9.17) is 21.1 Å². The quantitative estimate of drug-likeness (QED) is 0.633. The third kappa shape index (κ3) is 5.41. The minimum absolute atomic E-state index is 0.0510. The Morgan fingerprint density at radius 2 is 1.91 bits per heavy atom. The van der Waals surface area contributed by atoms with Crippen molar-refractivity contribution in [3.8, 4) is 0 Å². The Balaban J connectivity index is 1.51. The molecule has 32 heavy (non-hydrogen) atoms. The van der Waals surface area contributed by atoms with Gasteiger partial charge in [-0.25, -0.2) is 13.1 Å². The van der Waals surface area contributed by atoms with Crippen LogP contribution in [-0.4, -0.2) is 59.9 Å². The molecule has 2 saturated heterocycles. The van der Waals surface area contributed by atoms with Crippen LogP contribution in [0.4, 0.5) is 11.4 Å². The zero-order chi connectivity index (χ0) is 22.6. The summed E-state index contributed by atoms with van der Waals surface area (Å²) in [5.74, 6) is -0.419.